The van der Waals surface area contributed by atoms with E-state index in [0.29, 0.717) is 23.5 Å². The molecule has 1 heterocycles. The molecule has 31 heavy (non-hydrogen) atoms. The molecule has 0 bridgehead atoms. The molecule has 3 rings (SSSR count). The third-order valence-electron chi connectivity index (χ3n) is 5.33. The van der Waals surface area contributed by atoms with Crippen LogP contribution in [0, 0.1) is 0 Å². The Hall–Kier alpha value is -2.29. The van der Waals surface area contributed by atoms with E-state index in [1.54, 1.807) is 0 Å². The van der Waals surface area contributed by atoms with Crippen molar-refractivity contribution >= 4 is 37.5 Å². The van der Waals surface area contributed by atoms with Gasteiger partial charge in [0.05, 0.1) is 15.1 Å². The fourth-order valence-corrected chi connectivity index (χ4v) is 5.93. The average Bonchev–Trinajstić information content (AvgIpc) is 3.08. The van der Waals surface area contributed by atoms with Gasteiger partial charge in [0.2, 0.25) is 10.0 Å². The van der Waals surface area contributed by atoms with E-state index >= 15 is 0 Å². The summed E-state index contributed by atoms with van der Waals surface area (Å²) >= 11 is 1.47. The van der Waals surface area contributed by atoms with Gasteiger partial charge in [0, 0.05) is 25.7 Å². The molecule has 3 aromatic rings. The Kier molecular flexibility index (Phi) is 7.46. The smallest absolute Gasteiger partial charge is 0.279 e. The normalized spacial score (nSPS) is 12.7. The third kappa shape index (κ3) is 4.97. The van der Waals surface area contributed by atoms with Crippen molar-refractivity contribution < 1.29 is 13.2 Å². The first-order valence-electron chi connectivity index (χ1n) is 10.6. The van der Waals surface area contributed by atoms with E-state index in [-0.39, 0.29) is 10.8 Å². The number of unbranched alkanes of at least 4 members (excludes halogenated alkanes) is 1. The standard InChI is InChI=1S/C23H29N3O3S2/c1-5-8-15-26(7-3)31(28,29)19-12-10-18(11-13-19)22(27)24-23-25(4)20-14-9-17(6-2)16-21(20)30-23/h9-14,16H,5-8,15H2,1-4H3. The Morgan fingerprint density at radius 2 is 1.81 bits per heavy atom. The van der Waals surface area contributed by atoms with Crippen molar-refractivity contribution in [2.24, 2.45) is 12.0 Å². The molecule has 166 valence electrons. The van der Waals surface area contributed by atoms with E-state index in [4.69, 9.17) is 0 Å². The highest BCUT2D eigenvalue weighted by molar-refractivity contribution is 7.89. The van der Waals surface area contributed by atoms with Gasteiger partial charge in [-0.05, 0) is 54.8 Å². The number of aryl methyl sites for hydroxylation is 2. The summed E-state index contributed by atoms with van der Waals surface area (Å²) < 4.78 is 30.2. The molecule has 0 unspecified atom stereocenters. The summed E-state index contributed by atoms with van der Waals surface area (Å²) in [6, 6.07) is 12.3. The van der Waals surface area contributed by atoms with Crippen molar-refractivity contribution in [1.29, 1.82) is 0 Å². The lowest BCUT2D eigenvalue weighted by atomic mass is 10.2. The number of benzene rings is 2. The summed E-state index contributed by atoms with van der Waals surface area (Å²) in [5, 5.41) is 0. The first-order chi connectivity index (χ1) is 14.8. The molecule has 0 saturated heterocycles. The number of rotatable bonds is 8. The quantitative estimate of drug-likeness (QED) is 0.503. The van der Waals surface area contributed by atoms with Crippen LogP contribution in [-0.4, -0.2) is 36.3 Å². The molecule has 0 saturated carbocycles. The van der Waals surface area contributed by atoms with Crippen molar-refractivity contribution in [2.75, 3.05) is 13.1 Å². The van der Waals surface area contributed by atoms with Gasteiger partial charge in [0.25, 0.3) is 5.91 Å². The Morgan fingerprint density at radius 1 is 1.10 bits per heavy atom. The van der Waals surface area contributed by atoms with Gasteiger partial charge in [-0.15, -0.1) is 0 Å². The van der Waals surface area contributed by atoms with Crippen molar-refractivity contribution in [3.8, 4) is 0 Å². The highest BCUT2D eigenvalue weighted by atomic mass is 32.2. The fourth-order valence-electron chi connectivity index (χ4n) is 3.36. The number of carbonyl (C=O) groups is 1. The molecule has 0 radical (unpaired) electrons. The van der Waals surface area contributed by atoms with Crippen molar-refractivity contribution in [1.82, 2.24) is 8.87 Å². The first-order valence-corrected chi connectivity index (χ1v) is 12.8. The number of carbonyl (C=O) groups excluding carboxylic acids is 1. The summed E-state index contributed by atoms with van der Waals surface area (Å²) in [6.45, 7) is 6.88. The summed E-state index contributed by atoms with van der Waals surface area (Å²) in [6.07, 6.45) is 2.69. The van der Waals surface area contributed by atoms with E-state index in [2.05, 4.69) is 24.0 Å². The van der Waals surface area contributed by atoms with Crippen LogP contribution < -0.4 is 4.80 Å². The van der Waals surface area contributed by atoms with Crippen LogP contribution in [0.15, 0.2) is 52.4 Å². The second-order valence-corrected chi connectivity index (χ2v) is 10.3. The Balaban J connectivity index is 1.88. The van der Waals surface area contributed by atoms with Crippen LogP contribution in [0.2, 0.25) is 0 Å². The maximum atomic E-state index is 12.9. The van der Waals surface area contributed by atoms with Gasteiger partial charge < -0.3 is 4.57 Å². The van der Waals surface area contributed by atoms with Gasteiger partial charge >= 0.3 is 0 Å². The van der Waals surface area contributed by atoms with Crippen LogP contribution in [0.1, 0.15) is 49.5 Å². The second-order valence-electron chi connectivity index (χ2n) is 7.39. The minimum atomic E-state index is -3.57. The van der Waals surface area contributed by atoms with Crippen LogP contribution in [-0.2, 0) is 23.5 Å². The average molecular weight is 460 g/mol. The molecule has 6 nitrogen and oxygen atoms in total. The lowest BCUT2D eigenvalue weighted by Gasteiger charge is -2.20. The SMILES string of the molecule is CCCCN(CC)S(=O)(=O)c1ccc(C(=O)N=c2sc3cc(CC)ccc3n2C)cc1. The van der Waals surface area contributed by atoms with E-state index in [1.807, 2.05) is 31.5 Å². The number of thiazole rings is 1. The zero-order chi connectivity index (χ0) is 22.6. The lowest BCUT2D eigenvalue weighted by Crippen LogP contribution is -2.31. The van der Waals surface area contributed by atoms with E-state index in [9.17, 15) is 13.2 Å². The van der Waals surface area contributed by atoms with E-state index in [0.717, 1.165) is 29.5 Å². The Bertz CT molecular complexity index is 1240. The fraction of sp³-hybridized carbons (Fsp3) is 0.391. The number of amides is 1. The van der Waals surface area contributed by atoms with Crippen LogP contribution >= 0.6 is 11.3 Å². The monoisotopic (exact) mass is 459 g/mol. The molecule has 1 amide bonds. The number of hydrogen-bond acceptors (Lipinski definition) is 4. The minimum Gasteiger partial charge on any atom is -0.319 e. The van der Waals surface area contributed by atoms with Gasteiger partial charge in [-0.2, -0.15) is 9.30 Å². The van der Waals surface area contributed by atoms with E-state index < -0.39 is 10.0 Å². The van der Waals surface area contributed by atoms with Gasteiger partial charge in [-0.3, -0.25) is 4.79 Å². The van der Waals surface area contributed by atoms with Crippen LogP contribution in [0.3, 0.4) is 0 Å². The second kappa shape index (κ2) is 9.89. The predicted octanol–water partition coefficient (Wildman–Crippen LogP) is 4.35. The molecule has 0 aliphatic heterocycles. The summed E-state index contributed by atoms with van der Waals surface area (Å²) in [5.74, 6) is -0.389. The topological polar surface area (TPSA) is 71.7 Å². The highest BCUT2D eigenvalue weighted by Crippen LogP contribution is 2.20. The largest absolute Gasteiger partial charge is 0.319 e. The van der Waals surface area contributed by atoms with Crippen molar-refractivity contribution in [3.63, 3.8) is 0 Å². The van der Waals surface area contributed by atoms with Gasteiger partial charge in [-0.25, -0.2) is 8.42 Å². The molecular formula is C23H29N3O3S2. The summed E-state index contributed by atoms with van der Waals surface area (Å²) in [5.41, 5.74) is 2.63. The third-order valence-corrected chi connectivity index (χ3v) is 8.42. The number of sulfonamides is 1. The summed E-state index contributed by atoms with van der Waals surface area (Å²) in [7, 11) is -1.68. The molecule has 8 heteroatoms. The van der Waals surface area contributed by atoms with Gasteiger partial charge in [0.1, 0.15) is 0 Å². The maximum absolute atomic E-state index is 12.9. The van der Waals surface area contributed by atoms with Crippen LogP contribution in [0.4, 0.5) is 0 Å². The van der Waals surface area contributed by atoms with Crippen LogP contribution in [0.25, 0.3) is 10.2 Å². The van der Waals surface area contributed by atoms with Gasteiger partial charge in [-0.1, -0.05) is 44.6 Å². The van der Waals surface area contributed by atoms with E-state index in [1.165, 1.54) is 45.5 Å². The van der Waals surface area contributed by atoms with Gasteiger partial charge in [0.15, 0.2) is 4.80 Å². The number of aromatic nitrogens is 1. The molecular weight excluding hydrogens is 430 g/mol. The number of hydrogen-bond donors (Lipinski definition) is 0. The molecule has 0 N–H and O–H groups in total. The van der Waals surface area contributed by atoms with Crippen molar-refractivity contribution in [2.45, 2.75) is 44.9 Å². The zero-order valence-electron chi connectivity index (χ0n) is 18.5. The molecule has 1 aromatic heterocycles. The maximum Gasteiger partial charge on any atom is 0.279 e. The molecule has 0 aliphatic rings. The lowest BCUT2D eigenvalue weighted by molar-refractivity contribution is 0.0998. The Morgan fingerprint density at radius 3 is 2.42 bits per heavy atom. The molecule has 0 aliphatic carbocycles. The first kappa shape index (κ1) is 23.4. The molecule has 2 aromatic carbocycles. The molecule has 0 spiro atoms. The molecule has 0 fully saturated rings. The number of fused-ring (bicyclic) bond motifs is 1. The highest BCUT2D eigenvalue weighted by Gasteiger charge is 2.22. The number of nitrogens with zero attached hydrogens (tertiary/aromatic N) is 3. The van der Waals surface area contributed by atoms with Crippen LogP contribution in [0.5, 0.6) is 0 Å². The Labute approximate surface area is 187 Å². The summed E-state index contributed by atoms with van der Waals surface area (Å²) in [4.78, 5) is 17.8. The zero-order valence-corrected chi connectivity index (χ0v) is 20.1. The van der Waals surface area contributed by atoms with Crippen molar-refractivity contribution in [3.05, 3.63) is 58.4 Å². The molecule has 0 atom stereocenters. The minimum absolute atomic E-state index is 0.196. The predicted molar refractivity (Wildman–Crippen MR) is 126 cm³/mol.